The molecule has 20 heavy (non-hydrogen) atoms. The average Bonchev–Trinajstić information content (AvgIpc) is 2.86. The summed E-state index contributed by atoms with van der Waals surface area (Å²) in [7, 11) is 0. The molecule has 0 radical (unpaired) electrons. The van der Waals surface area contributed by atoms with Crippen molar-refractivity contribution < 1.29 is 9.18 Å². The predicted molar refractivity (Wildman–Crippen MR) is 71.5 cm³/mol. The van der Waals surface area contributed by atoms with Gasteiger partial charge in [0.1, 0.15) is 11.9 Å². The zero-order chi connectivity index (χ0) is 14.1. The third-order valence-corrected chi connectivity index (χ3v) is 3.71. The topological polar surface area (TPSA) is 56.5 Å². The third kappa shape index (κ3) is 1.99. The van der Waals surface area contributed by atoms with Crippen molar-refractivity contribution in [2.75, 3.05) is 0 Å². The summed E-state index contributed by atoms with van der Waals surface area (Å²) in [5, 5.41) is 15.1. The van der Waals surface area contributed by atoms with Gasteiger partial charge in [-0.1, -0.05) is 6.08 Å². The minimum Gasteiger partial charge on any atom is -0.292 e. The Morgan fingerprint density at radius 3 is 2.85 bits per heavy atom. The van der Waals surface area contributed by atoms with Crippen LogP contribution in [0.1, 0.15) is 16.8 Å². The maximum absolute atomic E-state index is 12.9. The molecule has 4 nitrogen and oxygen atoms in total. The van der Waals surface area contributed by atoms with Crippen molar-refractivity contribution in [2.24, 2.45) is 11.0 Å². The minimum absolute atomic E-state index is 0.125. The van der Waals surface area contributed by atoms with E-state index in [1.807, 2.05) is 6.08 Å². The van der Waals surface area contributed by atoms with E-state index in [0.717, 1.165) is 0 Å². The molecule has 3 rings (SSSR count). The number of carbonyl (C=O) groups excluding carboxylic acids is 1. The van der Waals surface area contributed by atoms with E-state index >= 15 is 0 Å². The standard InChI is InChI=1S/C15H12FN3O/c16-12-5-3-10(4-6-12)15(20)14-8-11(9-17)13-2-1-7-18-19(13)14/h1-7,11,13-14H,8H2/t11-,13+,14+/m1/s1. The molecule has 1 fully saturated rings. The highest BCUT2D eigenvalue weighted by molar-refractivity contribution is 6.00. The summed E-state index contributed by atoms with van der Waals surface area (Å²) in [6, 6.07) is 7.08. The highest BCUT2D eigenvalue weighted by Gasteiger charge is 2.43. The Morgan fingerprint density at radius 1 is 1.40 bits per heavy atom. The van der Waals surface area contributed by atoms with Gasteiger partial charge in [0, 0.05) is 11.8 Å². The number of nitriles is 1. The fraction of sp³-hybridized carbons (Fsp3) is 0.267. The van der Waals surface area contributed by atoms with Gasteiger partial charge in [0.05, 0.1) is 18.0 Å². The van der Waals surface area contributed by atoms with Crippen molar-refractivity contribution in [3.05, 3.63) is 47.8 Å². The summed E-state index contributed by atoms with van der Waals surface area (Å²) in [5.74, 6) is -0.752. The molecule has 2 heterocycles. The van der Waals surface area contributed by atoms with Crippen LogP contribution in [0.25, 0.3) is 0 Å². The van der Waals surface area contributed by atoms with Gasteiger partial charge in [-0.2, -0.15) is 10.4 Å². The van der Waals surface area contributed by atoms with Crippen LogP contribution in [-0.4, -0.2) is 29.1 Å². The van der Waals surface area contributed by atoms with Crippen molar-refractivity contribution in [1.29, 1.82) is 5.26 Å². The number of fused-ring (bicyclic) bond motifs is 1. The summed E-state index contributed by atoms with van der Waals surface area (Å²) in [4.78, 5) is 12.5. The van der Waals surface area contributed by atoms with Crippen LogP contribution in [-0.2, 0) is 0 Å². The minimum atomic E-state index is -0.462. The second-order valence-electron chi connectivity index (χ2n) is 4.88. The van der Waals surface area contributed by atoms with Crippen LogP contribution < -0.4 is 0 Å². The lowest BCUT2D eigenvalue weighted by molar-refractivity contribution is 0.0853. The zero-order valence-corrected chi connectivity index (χ0v) is 10.6. The number of allylic oxidation sites excluding steroid dienone is 1. The van der Waals surface area contributed by atoms with Crippen LogP contribution in [0.2, 0.25) is 0 Å². The number of rotatable bonds is 2. The number of benzene rings is 1. The molecule has 100 valence electrons. The van der Waals surface area contributed by atoms with E-state index < -0.39 is 6.04 Å². The molecule has 0 aliphatic carbocycles. The van der Waals surface area contributed by atoms with Crippen LogP contribution >= 0.6 is 0 Å². The molecule has 0 spiro atoms. The number of halogens is 1. The number of carbonyl (C=O) groups is 1. The smallest absolute Gasteiger partial charge is 0.186 e. The van der Waals surface area contributed by atoms with Gasteiger partial charge in [-0.25, -0.2) is 4.39 Å². The number of hydrogen-bond acceptors (Lipinski definition) is 4. The molecular weight excluding hydrogens is 257 g/mol. The van der Waals surface area contributed by atoms with Gasteiger partial charge >= 0.3 is 0 Å². The Balaban J connectivity index is 1.89. The van der Waals surface area contributed by atoms with E-state index in [-0.39, 0.29) is 23.6 Å². The largest absolute Gasteiger partial charge is 0.292 e. The van der Waals surface area contributed by atoms with Gasteiger partial charge in [0.2, 0.25) is 0 Å². The molecule has 0 N–H and O–H groups in total. The molecule has 2 aliphatic heterocycles. The molecule has 5 heteroatoms. The van der Waals surface area contributed by atoms with E-state index in [1.165, 1.54) is 24.3 Å². The van der Waals surface area contributed by atoms with Crippen molar-refractivity contribution in [3.8, 4) is 6.07 Å². The fourth-order valence-electron chi connectivity index (χ4n) is 2.70. The Morgan fingerprint density at radius 2 is 2.15 bits per heavy atom. The van der Waals surface area contributed by atoms with Crippen LogP contribution in [0.15, 0.2) is 41.5 Å². The molecule has 0 aromatic heterocycles. The second-order valence-corrected chi connectivity index (χ2v) is 4.88. The van der Waals surface area contributed by atoms with Gasteiger partial charge in [-0.3, -0.25) is 9.80 Å². The molecule has 0 saturated carbocycles. The molecular formula is C15H12FN3O. The van der Waals surface area contributed by atoms with Gasteiger partial charge < -0.3 is 0 Å². The zero-order valence-electron chi connectivity index (χ0n) is 10.6. The van der Waals surface area contributed by atoms with E-state index in [0.29, 0.717) is 12.0 Å². The van der Waals surface area contributed by atoms with Crippen LogP contribution in [0, 0.1) is 23.1 Å². The monoisotopic (exact) mass is 269 g/mol. The molecule has 1 saturated heterocycles. The molecule has 0 bridgehead atoms. The van der Waals surface area contributed by atoms with E-state index in [1.54, 1.807) is 17.3 Å². The van der Waals surface area contributed by atoms with E-state index in [9.17, 15) is 14.4 Å². The van der Waals surface area contributed by atoms with Crippen molar-refractivity contribution in [1.82, 2.24) is 5.01 Å². The summed E-state index contributed by atoms with van der Waals surface area (Å²) >= 11 is 0. The first-order valence-electron chi connectivity index (χ1n) is 6.39. The lowest BCUT2D eigenvalue weighted by Crippen LogP contribution is -2.38. The predicted octanol–water partition coefficient (Wildman–Crippen LogP) is 2.15. The summed E-state index contributed by atoms with van der Waals surface area (Å²) in [6.45, 7) is 0. The Kier molecular flexibility index (Phi) is 3.07. The number of nitrogens with zero attached hydrogens (tertiary/aromatic N) is 3. The van der Waals surface area contributed by atoms with Gasteiger partial charge in [0.15, 0.2) is 5.78 Å². The first-order valence-corrected chi connectivity index (χ1v) is 6.39. The second kappa shape index (κ2) is 4.89. The molecule has 0 unspecified atom stereocenters. The first-order chi connectivity index (χ1) is 9.70. The maximum Gasteiger partial charge on any atom is 0.186 e. The summed E-state index contributed by atoms with van der Waals surface area (Å²) < 4.78 is 12.9. The van der Waals surface area contributed by atoms with Crippen molar-refractivity contribution in [3.63, 3.8) is 0 Å². The molecule has 3 atom stereocenters. The third-order valence-electron chi connectivity index (χ3n) is 3.71. The van der Waals surface area contributed by atoms with Gasteiger partial charge in [-0.15, -0.1) is 0 Å². The first kappa shape index (κ1) is 12.5. The normalized spacial score (nSPS) is 27.2. The van der Waals surface area contributed by atoms with E-state index in [2.05, 4.69) is 11.2 Å². The van der Waals surface area contributed by atoms with Gasteiger partial charge in [0.25, 0.3) is 0 Å². The quantitative estimate of drug-likeness (QED) is 0.773. The fourth-order valence-corrected chi connectivity index (χ4v) is 2.70. The maximum atomic E-state index is 12.9. The highest BCUT2D eigenvalue weighted by Crippen LogP contribution is 2.33. The molecule has 1 aromatic carbocycles. The number of hydrogen-bond donors (Lipinski definition) is 0. The van der Waals surface area contributed by atoms with Crippen molar-refractivity contribution >= 4 is 12.0 Å². The lowest BCUT2D eigenvalue weighted by Gasteiger charge is -2.26. The van der Waals surface area contributed by atoms with Crippen LogP contribution in [0.5, 0.6) is 0 Å². The Labute approximate surface area is 115 Å². The van der Waals surface area contributed by atoms with Gasteiger partial charge in [-0.05, 0) is 36.8 Å². The van der Waals surface area contributed by atoms with Crippen LogP contribution in [0.3, 0.4) is 0 Å². The molecule has 0 amide bonds. The number of ketones is 1. The Bertz CT molecular complexity index is 630. The summed E-state index contributed by atoms with van der Waals surface area (Å²) in [5.41, 5.74) is 0.443. The summed E-state index contributed by atoms with van der Waals surface area (Å²) in [6.07, 6.45) is 5.73. The average molecular weight is 269 g/mol. The van der Waals surface area contributed by atoms with Crippen LogP contribution in [0.4, 0.5) is 4.39 Å². The number of hydrazone groups is 1. The number of Topliss-reactive ketones (excluding diaryl/α,β-unsaturated/α-hetero) is 1. The lowest BCUT2D eigenvalue weighted by atomic mass is 9.97. The van der Waals surface area contributed by atoms with Crippen molar-refractivity contribution in [2.45, 2.75) is 18.5 Å². The molecule has 2 aliphatic rings. The Hall–Kier alpha value is -2.48. The highest BCUT2D eigenvalue weighted by atomic mass is 19.1. The van der Waals surface area contributed by atoms with E-state index in [4.69, 9.17) is 0 Å². The SMILES string of the molecule is N#C[C@H]1C[C@@H](C(=O)c2ccc(F)cc2)N2N=CC=C[C@@H]12. The molecule has 1 aromatic rings.